The molecule has 0 bridgehead atoms. The van der Waals surface area contributed by atoms with E-state index >= 15 is 0 Å². The van der Waals surface area contributed by atoms with Crippen LogP contribution >= 0.6 is 0 Å². The largest absolute Gasteiger partial charge is 0.480 e. The Morgan fingerprint density at radius 3 is 2.44 bits per heavy atom. The molecule has 1 unspecified atom stereocenters. The molecule has 0 aromatic heterocycles. The van der Waals surface area contributed by atoms with Gasteiger partial charge in [0.05, 0.1) is 0 Å². The highest BCUT2D eigenvalue weighted by molar-refractivity contribution is 5.78. The summed E-state index contributed by atoms with van der Waals surface area (Å²) in [6.45, 7) is 6.53. The zero-order chi connectivity index (χ0) is 13.6. The third-order valence-electron chi connectivity index (χ3n) is 3.06. The van der Waals surface area contributed by atoms with Crippen molar-refractivity contribution in [1.82, 2.24) is 5.32 Å². The van der Waals surface area contributed by atoms with E-state index in [9.17, 15) is 9.90 Å². The van der Waals surface area contributed by atoms with Gasteiger partial charge in [0.2, 0.25) is 0 Å². The lowest BCUT2D eigenvalue weighted by molar-refractivity contribution is -0.144. The minimum atomic E-state index is -0.830. The van der Waals surface area contributed by atoms with Gasteiger partial charge in [0.25, 0.3) is 0 Å². The summed E-state index contributed by atoms with van der Waals surface area (Å²) in [5.41, 5.74) is 0.394. The topological polar surface area (TPSA) is 49.3 Å². The van der Waals surface area contributed by atoms with Crippen molar-refractivity contribution in [2.45, 2.75) is 39.2 Å². The van der Waals surface area contributed by atoms with Crippen molar-refractivity contribution in [2.75, 3.05) is 6.54 Å². The highest BCUT2D eigenvalue weighted by Crippen LogP contribution is 2.16. The molecule has 0 fully saturated rings. The second-order valence-electron chi connectivity index (χ2n) is 5.40. The third-order valence-corrected chi connectivity index (χ3v) is 3.06. The molecule has 1 atom stereocenters. The van der Waals surface area contributed by atoms with Crippen LogP contribution < -0.4 is 5.32 Å². The average Bonchev–Trinajstić information content (AvgIpc) is 2.29. The number of rotatable bonds is 7. The van der Waals surface area contributed by atoms with Gasteiger partial charge in [0.15, 0.2) is 0 Å². The molecule has 0 amide bonds. The minimum Gasteiger partial charge on any atom is -0.480 e. The van der Waals surface area contributed by atoms with Crippen LogP contribution in [0, 0.1) is 5.92 Å². The first-order valence-electron chi connectivity index (χ1n) is 6.46. The van der Waals surface area contributed by atoms with Crippen LogP contribution in [-0.2, 0) is 11.2 Å². The van der Waals surface area contributed by atoms with E-state index < -0.39 is 11.5 Å². The van der Waals surface area contributed by atoms with Gasteiger partial charge in [-0.1, -0.05) is 44.2 Å². The number of benzene rings is 1. The Hall–Kier alpha value is -1.35. The molecular formula is C15H23NO2. The Bertz CT molecular complexity index is 375. The molecule has 2 N–H and O–H groups in total. The summed E-state index contributed by atoms with van der Waals surface area (Å²) in [6, 6.07) is 10.1. The fourth-order valence-corrected chi connectivity index (χ4v) is 2.18. The summed E-state index contributed by atoms with van der Waals surface area (Å²) >= 11 is 0. The fraction of sp³-hybridized carbons (Fsp3) is 0.533. The molecule has 0 radical (unpaired) electrons. The van der Waals surface area contributed by atoms with Gasteiger partial charge < -0.3 is 10.4 Å². The molecule has 1 rings (SSSR count). The van der Waals surface area contributed by atoms with E-state index in [1.807, 2.05) is 32.0 Å². The minimum absolute atomic E-state index is 0.357. The summed E-state index contributed by atoms with van der Waals surface area (Å²) in [6.07, 6.45) is 1.49. The number of aliphatic carboxylic acids is 1. The van der Waals surface area contributed by atoms with Crippen molar-refractivity contribution in [3.63, 3.8) is 0 Å². The van der Waals surface area contributed by atoms with Gasteiger partial charge >= 0.3 is 5.97 Å². The van der Waals surface area contributed by atoms with Crippen LogP contribution in [0.2, 0.25) is 0 Å². The van der Waals surface area contributed by atoms with Gasteiger partial charge in [-0.15, -0.1) is 0 Å². The van der Waals surface area contributed by atoms with Crippen LogP contribution in [0.3, 0.4) is 0 Å². The van der Waals surface area contributed by atoms with Crippen LogP contribution in [-0.4, -0.2) is 23.2 Å². The lowest BCUT2D eigenvalue weighted by Crippen LogP contribution is -2.51. The number of nitrogens with one attached hydrogen (secondary N) is 1. The van der Waals surface area contributed by atoms with E-state index in [0.717, 1.165) is 6.42 Å². The lowest BCUT2D eigenvalue weighted by Gasteiger charge is -2.28. The second kappa shape index (κ2) is 6.55. The first kappa shape index (κ1) is 14.7. The van der Waals surface area contributed by atoms with Crippen molar-refractivity contribution in [3.05, 3.63) is 35.9 Å². The number of carboxylic acids is 1. The smallest absolute Gasteiger partial charge is 0.323 e. The van der Waals surface area contributed by atoms with E-state index in [1.54, 1.807) is 6.92 Å². The molecule has 0 saturated heterocycles. The normalized spacial score (nSPS) is 14.4. The summed E-state index contributed by atoms with van der Waals surface area (Å²) < 4.78 is 0. The highest BCUT2D eigenvalue weighted by Gasteiger charge is 2.32. The highest BCUT2D eigenvalue weighted by atomic mass is 16.4. The average molecular weight is 249 g/mol. The van der Waals surface area contributed by atoms with Crippen LogP contribution in [0.4, 0.5) is 0 Å². The summed E-state index contributed by atoms with van der Waals surface area (Å²) in [5.74, 6) is -0.417. The molecule has 0 heterocycles. The van der Waals surface area contributed by atoms with Crippen molar-refractivity contribution < 1.29 is 9.90 Å². The molecule has 0 spiro atoms. The molecule has 18 heavy (non-hydrogen) atoms. The van der Waals surface area contributed by atoms with Gasteiger partial charge in [-0.25, -0.2) is 0 Å². The molecule has 0 aliphatic heterocycles. The fourth-order valence-electron chi connectivity index (χ4n) is 2.18. The maximum Gasteiger partial charge on any atom is 0.323 e. The van der Waals surface area contributed by atoms with Gasteiger partial charge in [0, 0.05) is 6.54 Å². The van der Waals surface area contributed by atoms with E-state index in [0.29, 0.717) is 18.9 Å². The van der Waals surface area contributed by atoms with Crippen molar-refractivity contribution >= 4 is 5.97 Å². The Balaban J connectivity index is 2.50. The van der Waals surface area contributed by atoms with Gasteiger partial charge in [-0.2, -0.15) is 0 Å². The van der Waals surface area contributed by atoms with Crippen molar-refractivity contribution in [3.8, 4) is 0 Å². The molecule has 3 nitrogen and oxygen atoms in total. The molecule has 1 aromatic rings. The van der Waals surface area contributed by atoms with Crippen LogP contribution in [0.15, 0.2) is 30.3 Å². The second-order valence-corrected chi connectivity index (χ2v) is 5.40. The van der Waals surface area contributed by atoms with Gasteiger partial charge in [-0.05, 0) is 31.2 Å². The Morgan fingerprint density at radius 2 is 1.94 bits per heavy atom. The van der Waals surface area contributed by atoms with E-state index in [2.05, 4.69) is 17.4 Å². The Kier molecular flexibility index (Phi) is 5.35. The van der Waals surface area contributed by atoms with E-state index in [4.69, 9.17) is 0 Å². The quantitative estimate of drug-likeness (QED) is 0.781. The molecule has 100 valence electrons. The summed E-state index contributed by atoms with van der Waals surface area (Å²) in [4.78, 5) is 11.3. The number of hydrogen-bond acceptors (Lipinski definition) is 2. The third kappa shape index (κ3) is 4.49. The Labute approximate surface area is 109 Å². The molecule has 0 saturated carbocycles. The molecule has 1 aromatic carbocycles. The molecule has 3 heteroatoms. The van der Waals surface area contributed by atoms with E-state index in [1.165, 1.54) is 5.56 Å². The number of carboxylic acid groups (broad SMARTS) is 1. The van der Waals surface area contributed by atoms with Gasteiger partial charge in [0.1, 0.15) is 5.54 Å². The summed E-state index contributed by atoms with van der Waals surface area (Å²) in [5, 5.41) is 12.5. The predicted octanol–water partition coefficient (Wildman–Crippen LogP) is 2.71. The molecular weight excluding hydrogens is 226 g/mol. The maximum atomic E-state index is 11.3. The van der Waals surface area contributed by atoms with Crippen LogP contribution in [0.1, 0.15) is 32.8 Å². The van der Waals surface area contributed by atoms with Crippen molar-refractivity contribution in [2.24, 2.45) is 5.92 Å². The molecule has 0 aliphatic carbocycles. The predicted molar refractivity (Wildman–Crippen MR) is 73.6 cm³/mol. The van der Waals surface area contributed by atoms with Crippen LogP contribution in [0.25, 0.3) is 0 Å². The number of hydrogen-bond donors (Lipinski definition) is 2. The summed E-state index contributed by atoms with van der Waals surface area (Å²) in [7, 11) is 0. The van der Waals surface area contributed by atoms with Crippen molar-refractivity contribution in [1.29, 1.82) is 0 Å². The zero-order valence-corrected chi connectivity index (χ0v) is 11.4. The monoisotopic (exact) mass is 249 g/mol. The Morgan fingerprint density at radius 1 is 1.33 bits per heavy atom. The van der Waals surface area contributed by atoms with E-state index in [-0.39, 0.29) is 0 Å². The van der Waals surface area contributed by atoms with Gasteiger partial charge in [-0.3, -0.25) is 4.79 Å². The number of carbonyl (C=O) groups is 1. The lowest BCUT2D eigenvalue weighted by atomic mass is 9.90. The molecule has 0 aliphatic rings. The SMILES string of the molecule is CC(C)CC(C)(NCCc1ccccc1)C(=O)O. The van der Waals surface area contributed by atoms with Crippen LogP contribution in [0.5, 0.6) is 0 Å². The standard InChI is InChI=1S/C15H23NO2/c1-12(2)11-15(3,14(17)18)16-10-9-13-7-5-4-6-8-13/h4-8,12,16H,9-11H2,1-3H3,(H,17,18). The maximum absolute atomic E-state index is 11.3. The zero-order valence-electron chi connectivity index (χ0n) is 11.4. The first-order valence-corrected chi connectivity index (χ1v) is 6.46. The first-order chi connectivity index (χ1) is 8.44.